The van der Waals surface area contributed by atoms with Crippen molar-refractivity contribution in [3.8, 4) is 11.5 Å². The van der Waals surface area contributed by atoms with E-state index in [1.807, 2.05) is 55.5 Å². The molecule has 4 rings (SSSR count). The summed E-state index contributed by atoms with van der Waals surface area (Å²) in [7, 11) is 0. The summed E-state index contributed by atoms with van der Waals surface area (Å²) in [6, 6.07) is 14.9. The first kappa shape index (κ1) is 22.1. The van der Waals surface area contributed by atoms with E-state index in [0.717, 1.165) is 11.1 Å². The molecule has 8 heteroatoms. The van der Waals surface area contributed by atoms with Crippen molar-refractivity contribution in [3.63, 3.8) is 0 Å². The number of hydrogen-bond donors (Lipinski definition) is 2. The van der Waals surface area contributed by atoms with Gasteiger partial charge in [0.25, 0.3) is 0 Å². The summed E-state index contributed by atoms with van der Waals surface area (Å²) in [6.07, 6.45) is -0.455. The van der Waals surface area contributed by atoms with E-state index in [1.165, 1.54) is 0 Å². The molecule has 2 aliphatic rings. The van der Waals surface area contributed by atoms with Crippen molar-refractivity contribution in [2.24, 2.45) is 5.92 Å². The summed E-state index contributed by atoms with van der Waals surface area (Å²) in [5.74, 6) is -1.60. The Morgan fingerprint density at radius 3 is 2.16 bits per heavy atom. The number of likely N-dealkylation sites (N-methyl/N-ethyl adjacent to an activating group) is 1. The molecular formula is C24H28NO7+. The third-order valence-corrected chi connectivity index (χ3v) is 6.51. The van der Waals surface area contributed by atoms with Crippen molar-refractivity contribution in [1.82, 2.24) is 0 Å². The molecule has 0 aromatic heterocycles. The van der Waals surface area contributed by atoms with Crippen LogP contribution in [-0.4, -0.2) is 59.3 Å². The fourth-order valence-corrected chi connectivity index (χ4v) is 4.90. The smallest absolute Gasteiger partial charge is 0.359 e. The summed E-state index contributed by atoms with van der Waals surface area (Å²) in [6.45, 7) is 2.71. The molecule has 2 aromatic carbocycles. The van der Waals surface area contributed by atoms with Gasteiger partial charge in [0.2, 0.25) is 13.0 Å². The lowest BCUT2D eigenvalue weighted by molar-refractivity contribution is -0.973. The van der Waals surface area contributed by atoms with Gasteiger partial charge in [-0.25, -0.2) is 4.79 Å². The third kappa shape index (κ3) is 4.16. The van der Waals surface area contributed by atoms with E-state index in [1.54, 1.807) is 0 Å². The Kier molecular flexibility index (Phi) is 6.34. The summed E-state index contributed by atoms with van der Waals surface area (Å²) >= 11 is 0. The number of carboxylic acids is 2. The maximum absolute atomic E-state index is 12.2. The zero-order valence-electron chi connectivity index (χ0n) is 18.0. The van der Waals surface area contributed by atoms with Gasteiger partial charge in [-0.2, -0.15) is 0 Å². The van der Waals surface area contributed by atoms with Crippen molar-refractivity contribution >= 4 is 11.9 Å². The van der Waals surface area contributed by atoms with Crippen LogP contribution in [0.5, 0.6) is 11.5 Å². The normalized spacial score (nSPS) is 25.3. The molecule has 2 aromatic rings. The Labute approximate surface area is 186 Å². The Morgan fingerprint density at radius 1 is 1.03 bits per heavy atom. The molecule has 0 radical (unpaired) electrons. The number of piperidine rings is 1. The van der Waals surface area contributed by atoms with Gasteiger partial charge in [-0.3, -0.25) is 9.28 Å². The Morgan fingerprint density at radius 2 is 1.62 bits per heavy atom. The van der Waals surface area contributed by atoms with Crippen LogP contribution in [0.1, 0.15) is 37.0 Å². The van der Waals surface area contributed by atoms with E-state index < -0.39 is 30.2 Å². The average Bonchev–Trinajstić information content (AvgIpc) is 2.77. The first-order chi connectivity index (χ1) is 15.4. The van der Waals surface area contributed by atoms with Crippen LogP contribution in [0.4, 0.5) is 0 Å². The molecule has 1 fully saturated rings. The molecular weight excluding hydrogens is 414 g/mol. The summed E-state index contributed by atoms with van der Waals surface area (Å²) in [5, 5.41) is 19.7. The lowest BCUT2D eigenvalue weighted by Crippen LogP contribution is -2.65. The number of rotatable bonds is 6. The Bertz CT molecular complexity index is 946. The van der Waals surface area contributed by atoms with E-state index in [0.29, 0.717) is 37.4 Å². The molecule has 2 aliphatic heterocycles. The number of aliphatic carboxylic acids is 2. The predicted octanol–water partition coefficient (Wildman–Crippen LogP) is 3.26. The van der Waals surface area contributed by atoms with Gasteiger partial charge in [-0.1, -0.05) is 36.4 Å². The summed E-state index contributed by atoms with van der Waals surface area (Å²) in [5.41, 5.74) is 1.50. The van der Waals surface area contributed by atoms with E-state index in [4.69, 9.17) is 14.2 Å². The van der Waals surface area contributed by atoms with Gasteiger partial charge in [0.1, 0.15) is 23.5 Å². The van der Waals surface area contributed by atoms with Crippen LogP contribution < -0.4 is 9.47 Å². The molecule has 0 bridgehead atoms. The number of carboxylic acid groups (broad SMARTS) is 2. The van der Waals surface area contributed by atoms with Gasteiger partial charge in [-0.05, 0) is 31.9 Å². The van der Waals surface area contributed by atoms with Gasteiger partial charge in [0.05, 0.1) is 13.1 Å². The fraction of sp³-hybridized carbons (Fsp3) is 0.417. The van der Waals surface area contributed by atoms with Crippen LogP contribution in [0.15, 0.2) is 48.5 Å². The Balaban J connectivity index is 1.84. The first-order valence-electron chi connectivity index (χ1n) is 10.8. The van der Waals surface area contributed by atoms with Crippen molar-refractivity contribution in [2.45, 2.75) is 32.1 Å². The highest BCUT2D eigenvalue weighted by Gasteiger charge is 2.51. The zero-order chi connectivity index (χ0) is 22.7. The number of likely N-dealkylation sites (tertiary alicyclic amines) is 1. The highest BCUT2D eigenvalue weighted by Crippen LogP contribution is 2.43. The molecule has 2 unspecified atom stereocenters. The van der Waals surface area contributed by atoms with Crippen LogP contribution in [0.25, 0.3) is 0 Å². The number of hydrogen-bond acceptors (Lipinski definition) is 5. The van der Waals surface area contributed by atoms with Crippen molar-refractivity contribution < 1.29 is 38.5 Å². The number of ether oxygens (including phenoxy) is 3. The standard InChI is InChI=1S/C24H27NO7/c1-2-25(14-21(26)27)13-7-10-18(24(28)29)23(25)32-22-16-8-3-5-11-19(16)30-15-31-20-12-6-4-9-17(20)22/h3-6,8-9,11-12,18,22-23H,2,7,10,13-15H2,1H3,(H-,26,27,28,29)/p+1/t18?,23-,25?/m1/s1. The van der Waals surface area contributed by atoms with E-state index in [2.05, 4.69) is 0 Å². The third-order valence-electron chi connectivity index (χ3n) is 6.51. The van der Waals surface area contributed by atoms with Crippen LogP contribution in [-0.2, 0) is 14.3 Å². The second-order valence-electron chi connectivity index (χ2n) is 8.29. The molecule has 0 amide bonds. The highest BCUT2D eigenvalue weighted by molar-refractivity contribution is 5.71. The highest BCUT2D eigenvalue weighted by atomic mass is 16.7. The van der Waals surface area contributed by atoms with E-state index in [-0.39, 0.29) is 17.8 Å². The van der Waals surface area contributed by atoms with Crippen LogP contribution >= 0.6 is 0 Å². The number of benzene rings is 2. The number of quaternary nitrogens is 1. The zero-order valence-corrected chi connectivity index (χ0v) is 18.0. The quantitative estimate of drug-likeness (QED) is 0.662. The summed E-state index contributed by atoms with van der Waals surface area (Å²) in [4.78, 5) is 24.0. The minimum Gasteiger partial charge on any atom is -0.481 e. The monoisotopic (exact) mass is 442 g/mol. The molecule has 0 aliphatic carbocycles. The van der Waals surface area contributed by atoms with Gasteiger partial charge in [0.15, 0.2) is 6.54 Å². The van der Waals surface area contributed by atoms with Crippen molar-refractivity contribution in [3.05, 3.63) is 59.7 Å². The van der Waals surface area contributed by atoms with Crippen molar-refractivity contribution in [2.75, 3.05) is 26.4 Å². The molecule has 170 valence electrons. The first-order valence-corrected chi connectivity index (χ1v) is 10.8. The molecule has 2 N–H and O–H groups in total. The molecule has 0 saturated carbocycles. The van der Waals surface area contributed by atoms with Gasteiger partial charge in [-0.15, -0.1) is 0 Å². The second-order valence-corrected chi connectivity index (χ2v) is 8.29. The van der Waals surface area contributed by atoms with Gasteiger partial charge < -0.3 is 24.4 Å². The topological polar surface area (TPSA) is 102 Å². The van der Waals surface area contributed by atoms with Crippen molar-refractivity contribution in [1.29, 1.82) is 0 Å². The number of para-hydroxylation sites is 2. The molecule has 8 nitrogen and oxygen atoms in total. The minimum atomic E-state index is -0.976. The summed E-state index contributed by atoms with van der Waals surface area (Å²) < 4.78 is 18.3. The maximum Gasteiger partial charge on any atom is 0.359 e. The number of nitrogens with zero attached hydrogens (tertiary/aromatic N) is 1. The molecule has 2 heterocycles. The maximum atomic E-state index is 12.2. The van der Waals surface area contributed by atoms with Crippen LogP contribution in [0.2, 0.25) is 0 Å². The fourth-order valence-electron chi connectivity index (χ4n) is 4.90. The second kappa shape index (κ2) is 9.18. The number of fused-ring (bicyclic) bond motifs is 2. The van der Waals surface area contributed by atoms with Crippen LogP contribution in [0, 0.1) is 5.92 Å². The van der Waals surface area contributed by atoms with E-state index in [9.17, 15) is 19.8 Å². The predicted molar refractivity (Wildman–Crippen MR) is 114 cm³/mol. The molecule has 0 spiro atoms. The molecule has 32 heavy (non-hydrogen) atoms. The Hall–Kier alpha value is -3.10. The average molecular weight is 442 g/mol. The van der Waals surface area contributed by atoms with Gasteiger partial charge in [0, 0.05) is 11.1 Å². The molecule has 3 atom stereocenters. The largest absolute Gasteiger partial charge is 0.481 e. The SMILES string of the molecule is CC[N+]1(CC(=O)O)CCCC(C(=O)O)[C@H]1OC1c2ccccc2OCOc2ccccc21. The lowest BCUT2D eigenvalue weighted by atomic mass is 9.92. The minimum absolute atomic E-state index is 0.0376. The van der Waals surface area contributed by atoms with Gasteiger partial charge >= 0.3 is 11.9 Å². The van der Waals surface area contributed by atoms with Crippen LogP contribution in [0.3, 0.4) is 0 Å². The number of carbonyl (C=O) groups is 2. The lowest BCUT2D eigenvalue weighted by Gasteiger charge is -2.48. The van der Waals surface area contributed by atoms with E-state index >= 15 is 0 Å². The molecule has 1 saturated heterocycles.